The molecule has 0 aliphatic carbocycles. The molecule has 0 fully saturated rings. The van der Waals surface area contributed by atoms with Crippen molar-refractivity contribution in [3.8, 4) is 0 Å². The molecule has 0 saturated carbocycles. The number of hydrogen-bond acceptors (Lipinski definition) is 1. The fraction of sp³-hybridized carbons (Fsp3) is 0.625. The summed E-state index contributed by atoms with van der Waals surface area (Å²) in [6.45, 7) is 10.8. The second-order valence-electron chi connectivity index (χ2n) is 6.42. The molecule has 0 heterocycles. The normalized spacial score (nSPS) is 12.2. The van der Waals surface area contributed by atoms with Gasteiger partial charge in [0.1, 0.15) is 5.82 Å². The van der Waals surface area contributed by atoms with Crippen LogP contribution in [-0.4, -0.2) is 13.1 Å². The lowest BCUT2D eigenvalue weighted by molar-refractivity contribution is 0.318. The molecule has 0 radical (unpaired) electrons. The zero-order valence-electron chi connectivity index (χ0n) is 12.4. The first-order valence-corrected chi connectivity index (χ1v) is 7.74. The second kappa shape index (κ2) is 7.39. The van der Waals surface area contributed by atoms with Gasteiger partial charge in [0, 0.05) is 4.47 Å². The molecule has 1 N–H and O–H groups in total. The van der Waals surface area contributed by atoms with Crippen LogP contribution in [-0.2, 0) is 6.42 Å². The van der Waals surface area contributed by atoms with Crippen molar-refractivity contribution in [1.29, 1.82) is 0 Å². The van der Waals surface area contributed by atoms with E-state index in [1.54, 1.807) is 6.07 Å². The van der Waals surface area contributed by atoms with E-state index in [4.69, 9.17) is 0 Å². The Morgan fingerprint density at radius 1 is 1.32 bits per heavy atom. The Labute approximate surface area is 125 Å². The highest BCUT2D eigenvalue weighted by Gasteiger charge is 2.20. The molecule has 0 amide bonds. The second-order valence-corrected chi connectivity index (χ2v) is 7.34. The van der Waals surface area contributed by atoms with Gasteiger partial charge in [-0.3, -0.25) is 0 Å². The summed E-state index contributed by atoms with van der Waals surface area (Å²) < 4.78 is 14.6. The predicted molar refractivity (Wildman–Crippen MR) is 83.9 cm³/mol. The third-order valence-electron chi connectivity index (χ3n) is 3.22. The molecule has 0 aliphatic heterocycles. The molecule has 1 aromatic rings. The van der Waals surface area contributed by atoms with E-state index in [-0.39, 0.29) is 11.2 Å². The Hall–Kier alpha value is -0.410. The van der Waals surface area contributed by atoms with Crippen LogP contribution in [0.1, 0.15) is 39.7 Å². The Balaban J connectivity index is 2.49. The summed E-state index contributed by atoms with van der Waals surface area (Å²) in [5.41, 5.74) is 0.913. The zero-order chi connectivity index (χ0) is 14.5. The summed E-state index contributed by atoms with van der Waals surface area (Å²) >= 11 is 3.29. The van der Waals surface area contributed by atoms with E-state index in [0.29, 0.717) is 5.92 Å². The van der Waals surface area contributed by atoms with Gasteiger partial charge in [-0.05, 0) is 55.0 Å². The highest BCUT2D eigenvalue weighted by atomic mass is 79.9. The molecule has 1 aromatic carbocycles. The molecule has 0 aromatic heterocycles. The van der Waals surface area contributed by atoms with Gasteiger partial charge < -0.3 is 5.32 Å². The third kappa shape index (κ3) is 6.53. The fourth-order valence-corrected chi connectivity index (χ4v) is 2.42. The molecular formula is C16H25BrFN. The quantitative estimate of drug-likeness (QED) is 0.709. The maximum Gasteiger partial charge on any atom is 0.127 e. The Morgan fingerprint density at radius 3 is 2.58 bits per heavy atom. The molecule has 108 valence electrons. The van der Waals surface area contributed by atoms with Crippen LogP contribution < -0.4 is 5.32 Å². The largest absolute Gasteiger partial charge is 0.316 e. The highest BCUT2D eigenvalue weighted by molar-refractivity contribution is 9.10. The maximum atomic E-state index is 13.8. The average Bonchev–Trinajstić information content (AvgIpc) is 2.28. The summed E-state index contributed by atoms with van der Waals surface area (Å²) in [6.07, 6.45) is 1.82. The van der Waals surface area contributed by atoms with E-state index >= 15 is 0 Å². The standard InChI is InChI=1S/C16H25BrFN/c1-12(2)11-19-8-7-16(3,4)10-13-5-6-14(17)9-15(13)18/h5-6,9,12,19H,7-8,10-11H2,1-4H3. The number of halogens is 2. The van der Waals surface area contributed by atoms with Crippen LogP contribution in [0.25, 0.3) is 0 Å². The smallest absolute Gasteiger partial charge is 0.127 e. The number of nitrogens with one attached hydrogen (secondary N) is 1. The Kier molecular flexibility index (Phi) is 6.48. The van der Waals surface area contributed by atoms with Crippen molar-refractivity contribution in [2.75, 3.05) is 13.1 Å². The number of rotatable bonds is 7. The zero-order valence-corrected chi connectivity index (χ0v) is 14.0. The Morgan fingerprint density at radius 2 is 2.00 bits per heavy atom. The van der Waals surface area contributed by atoms with E-state index in [9.17, 15) is 4.39 Å². The van der Waals surface area contributed by atoms with Crippen LogP contribution in [0.2, 0.25) is 0 Å². The van der Waals surface area contributed by atoms with Gasteiger partial charge in [0.15, 0.2) is 0 Å². The summed E-state index contributed by atoms with van der Waals surface area (Å²) in [5.74, 6) is 0.560. The lowest BCUT2D eigenvalue weighted by atomic mass is 9.82. The van der Waals surface area contributed by atoms with Crippen molar-refractivity contribution in [3.63, 3.8) is 0 Å². The summed E-state index contributed by atoms with van der Waals surface area (Å²) in [7, 11) is 0. The minimum atomic E-state index is -0.113. The van der Waals surface area contributed by atoms with Crippen molar-refractivity contribution in [1.82, 2.24) is 5.32 Å². The van der Waals surface area contributed by atoms with Crippen LogP contribution in [0, 0.1) is 17.2 Å². The van der Waals surface area contributed by atoms with Gasteiger partial charge in [-0.2, -0.15) is 0 Å². The molecule has 1 rings (SSSR count). The summed E-state index contributed by atoms with van der Waals surface area (Å²) in [5, 5.41) is 3.45. The minimum Gasteiger partial charge on any atom is -0.316 e. The van der Waals surface area contributed by atoms with Crippen LogP contribution in [0.4, 0.5) is 4.39 Å². The van der Waals surface area contributed by atoms with Crippen LogP contribution in [0.5, 0.6) is 0 Å². The minimum absolute atomic E-state index is 0.110. The van der Waals surface area contributed by atoms with E-state index in [0.717, 1.165) is 36.0 Å². The van der Waals surface area contributed by atoms with Crippen molar-refractivity contribution in [2.24, 2.45) is 11.3 Å². The molecule has 19 heavy (non-hydrogen) atoms. The first-order valence-electron chi connectivity index (χ1n) is 6.95. The van der Waals surface area contributed by atoms with Crippen LogP contribution in [0.3, 0.4) is 0 Å². The first-order chi connectivity index (χ1) is 8.80. The van der Waals surface area contributed by atoms with Gasteiger partial charge in [0.2, 0.25) is 0 Å². The van der Waals surface area contributed by atoms with Gasteiger partial charge in [0.05, 0.1) is 0 Å². The molecular weight excluding hydrogens is 305 g/mol. The monoisotopic (exact) mass is 329 g/mol. The third-order valence-corrected chi connectivity index (χ3v) is 3.71. The Bertz CT molecular complexity index is 402. The summed E-state index contributed by atoms with van der Waals surface area (Å²) in [6, 6.07) is 5.33. The van der Waals surface area contributed by atoms with E-state index in [1.165, 1.54) is 0 Å². The van der Waals surface area contributed by atoms with Crippen molar-refractivity contribution in [2.45, 2.75) is 40.5 Å². The lowest BCUT2D eigenvalue weighted by Gasteiger charge is -2.25. The molecule has 0 bridgehead atoms. The molecule has 0 saturated heterocycles. The van der Waals surface area contributed by atoms with Crippen molar-refractivity contribution in [3.05, 3.63) is 34.1 Å². The molecule has 1 nitrogen and oxygen atoms in total. The van der Waals surface area contributed by atoms with Gasteiger partial charge in [-0.25, -0.2) is 4.39 Å². The number of benzene rings is 1. The number of hydrogen-bond donors (Lipinski definition) is 1. The molecule has 0 spiro atoms. The van der Waals surface area contributed by atoms with E-state index in [1.807, 2.05) is 12.1 Å². The topological polar surface area (TPSA) is 12.0 Å². The summed E-state index contributed by atoms with van der Waals surface area (Å²) in [4.78, 5) is 0. The van der Waals surface area contributed by atoms with E-state index < -0.39 is 0 Å². The van der Waals surface area contributed by atoms with Crippen molar-refractivity contribution >= 4 is 15.9 Å². The fourth-order valence-electron chi connectivity index (χ4n) is 2.09. The maximum absolute atomic E-state index is 13.8. The lowest BCUT2D eigenvalue weighted by Crippen LogP contribution is -2.26. The van der Waals surface area contributed by atoms with Gasteiger partial charge in [-0.1, -0.05) is 49.7 Å². The highest BCUT2D eigenvalue weighted by Crippen LogP contribution is 2.27. The van der Waals surface area contributed by atoms with Gasteiger partial charge >= 0.3 is 0 Å². The SMILES string of the molecule is CC(C)CNCCC(C)(C)Cc1ccc(Br)cc1F. The molecule has 0 unspecified atom stereocenters. The predicted octanol–water partition coefficient (Wildman–Crippen LogP) is 4.79. The molecule has 0 aliphatic rings. The van der Waals surface area contributed by atoms with E-state index in [2.05, 4.69) is 48.9 Å². The average molecular weight is 330 g/mol. The van der Waals surface area contributed by atoms with Crippen molar-refractivity contribution < 1.29 is 4.39 Å². The van der Waals surface area contributed by atoms with Crippen LogP contribution in [0.15, 0.2) is 22.7 Å². The molecule has 0 atom stereocenters. The first kappa shape index (κ1) is 16.6. The van der Waals surface area contributed by atoms with Crippen LogP contribution >= 0.6 is 15.9 Å². The van der Waals surface area contributed by atoms with Gasteiger partial charge in [0.25, 0.3) is 0 Å². The van der Waals surface area contributed by atoms with Gasteiger partial charge in [-0.15, -0.1) is 0 Å². The molecule has 3 heteroatoms.